The van der Waals surface area contributed by atoms with Crippen molar-refractivity contribution >= 4 is 27.7 Å². The number of amides is 2. The van der Waals surface area contributed by atoms with Crippen molar-refractivity contribution < 1.29 is 18.4 Å². The van der Waals surface area contributed by atoms with Crippen molar-refractivity contribution in [3.8, 4) is 0 Å². The topological polar surface area (TPSA) is 72.2 Å². The van der Waals surface area contributed by atoms with E-state index < -0.39 is 36.1 Å². The number of halogens is 3. The molecule has 0 aromatic heterocycles. The van der Waals surface area contributed by atoms with E-state index in [0.29, 0.717) is 5.56 Å². The molecule has 1 aliphatic rings. The van der Waals surface area contributed by atoms with Crippen LogP contribution >= 0.6 is 15.9 Å². The largest absolute Gasteiger partial charge is 0.368 e. The summed E-state index contributed by atoms with van der Waals surface area (Å²) in [6.45, 7) is 0. The van der Waals surface area contributed by atoms with Crippen molar-refractivity contribution in [3.63, 3.8) is 0 Å². The highest BCUT2D eigenvalue weighted by molar-refractivity contribution is 9.10. The predicted octanol–water partition coefficient (Wildman–Crippen LogP) is 2.53. The van der Waals surface area contributed by atoms with Gasteiger partial charge in [0.25, 0.3) is 0 Å². The van der Waals surface area contributed by atoms with Crippen molar-refractivity contribution in [2.24, 2.45) is 11.7 Å². The molecule has 2 atom stereocenters. The molecular formula is C14H15BrF2N2O2. The van der Waals surface area contributed by atoms with Gasteiger partial charge < -0.3 is 11.1 Å². The van der Waals surface area contributed by atoms with Crippen molar-refractivity contribution in [3.05, 3.63) is 34.3 Å². The molecular weight excluding hydrogens is 346 g/mol. The monoisotopic (exact) mass is 360 g/mol. The predicted molar refractivity (Wildman–Crippen MR) is 76.5 cm³/mol. The number of rotatable bonds is 4. The molecule has 1 fully saturated rings. The Labute approximate surface area is 129 Å². The molecule has 2 amide bonds. The summed E-state index contributed by atoms with van der Waals surface area (Å²) in [5.74, 6) is -4.88. The van der Waals surface area contributed by atoms with Crippen LogP contribution in [0.3, 0.4) is 0 Å². The Morgan fingerprint density at radius 3 is 2.67 bits per heavy atom. The lowest BCUT2D eigenvalue weighted by Gasteiger charge is -2.19. The van der Waals surface area contributed by atoms with E-state index in [1.165, 1.54) is 0 Å². The Balaban J connectivity index is 2.10. The molecule has 114 valence electrons. The summed E-state index contributed by atoms with van der Waals surface area (Å²) in [4.78, 5) is 23.6. The Morgan fingerprint density at radius 2 is 2.14 bits per heavy atom. The first-order chi connectivity index (χ1) is 9.78. The number of carbonyl (C=O) groups excluding carboxylic acids is 2. The highest BCUT2D eigenvalue weighted by Gasteiger charge is 2.43. The third-order valence-corrected chi connectivity index (χ3v) is 4.02. The van der Waals surface area contributed by atoms with E-state index >= 15 is 0 Å². The zero-order valence-electron chi connectivity index (χ0n) is 11.1. The van der Waals surface area contributed by atoms with E-state index in [9.17, 15) is 18.4 Å². The first-order valence-corrected chi connectivity index (χ1v) is 7.31. The molecule has 0 aliphatic heterocycles. The molecule has 4 nitrogen and oxygen atoms in total. The second-order valence-electron chi connectivity index (χ2n) is 5.19. The first kappa shape index (κ1) is 15.9. The average molecular weight is 361 g/mol. The van der Waals surface area contributed by atoms with Gasteiger partial charge in [0.05, 0.1) is 0 Å². The average Bonchev–Trinajstić information content (AvgIpc) is 2.75. The fraction of sp³-hybridized carbons (Fsp3) is 0.429. The normalized spacial score (nSPS) is 21.8. The maximum Gasteiger partial charge on any atom is 0.248 e. The molecule has 0 bridgehead atoms. The van der Waals surface area contributed by atoms with Gasteiger partial charge in [-0.2, -0.15) is 0 Å². The van der Waals surface area contributed by atoms with E-state index in [0.717, 1.165) is 4.47 Å². The third kappa shape index (κ3) is 4.00. The van der Waals surface area contributed by atoms with Gasteiger partial charge in [-0.05, 0) is 24.1 Å². The van der Waals surface area contributed by atoms with Crippen LogP contribution < -0.4 is 11.1 Å². The molecule has 1 aromatic rings. The fourth-order valence-corrected chi connectivity index (χ4v) is 2.86. The second-order valence-corrected chi connectivity index (χ2v) is 6.11. The maximum atomic E-state index is 13.1. The van der Waals surface area contributed by atoms with E-state index in [-0.39, 0.29) is 12.8 Å². The first-order valence-electron chi connectivity index (χ1n) is 6.51. The molecule has 0 saturated heterocycles. The molecule has 7 heteroatoms. The van der Waals surface area contributed by atoms with Crippen molar-refractivity contribution in [1.82, 2.24) is 5.32 Å². The number of nitrogens with one attached hydrogen (secondary N) is 1. The Hall–Kier alpha value is -1.50. The van der Waals surface area contributed by atoms with E-state index in [2.05, 4.69) is 21.2 Å². The van der Waals surface area contributed by atoms with E-state index in [1.807, 2.05) is 0 Å². The quantitative estimate of drug-likeness (QED) is 0.865. The van der Waals surface area contributed by atoms with Crippen LogP contribution in [-0.4, -0.2) is 17.7 Å². The Bertz CT molecular complexity index is 566. The molecule has 21 heavy (non-hydrogen) atoms. The van der Waals surface area contributed by atoms with Crippen LogP contribution in [0, 0.1) is 5.92 Å². The maximum absolute atomic E-state index is 13.1. The van der Waals surface area contributed by atoms with Crippen molar-refractivity contribution in [2.75, 3.05) is 0 Å². The molecule has 1 aromatic carbocycles. The summed E-state index contributed by atoms with van der Waals surface area (Å²) in [5, 5.41) is 2.47. The van der Waals surface area contributed by atoms with Gasteiger partial charge in [0.1, 0.15) is 6.04 Å². The lowest BCUT2D eigenvalue weighted by atomic mass is 10.0. The molecule has 2 rings (SSSR count). The number of carbonyl (C=O) groups is 2. The molecule has 3 N–H and O–H groups in total. The van der Waals surface area contributed by atoms with E-state index in [4.69, 9.17) is 5.73 Å². The van der Waals surface area contributed by atoms with Gasteiger partial charge in [0.15, 0.2) is 0 Å². The molecule has 1 aliphatic carbocycles. The SMILES string of the molecule is NC(=O)C(NC(=O)C1CCC(F)(F)C1)c1cccc(Br)c1. The van der Waals surface area contributed by atoms with Crippen LogP contribution in [0.15, 0.2) is 28.7 Å². The fourth-order valence-electron chi connectivity index (χ4n) is 2.44. The lowest BCUT2D eigenvalue weighted by molar-refractivity contribution is -0.130. The summed E-state index contributed by atoms with van der Waals surface area (Å²) in [5.41, 5.74) is 5.81. The van der Waals surface area contributed by atoms with Crippen LogP contribution in [0.4, 0.5) is 8.78 Å². The highest BCUT2D eigenvalue weighted by Crippen LogP contribution is 2.39. The number of hydrogen-bond acceptors (Lipinski definition) is 2. The minimum atomic E-state index is -2.81. The van der Waals surface area contributed by atoms with Crippen LogP contribution in [0.25, 0.3) is 0 Å². The van der Waals surface area contributed by atoms with Crippen molar-refractivity contribution in [2.45, 2.75) is 31.2 Å². The number of primary amides is 1. The molecule has 1 saturated carbocycles. The van der Waals surface area contributed by atoms with Gasteiger partial charge in [0, 0.05) is 23.2 Å². The summed E-state index contributed by atoms with van der Waals surface area (Å²) in [7, 11) is 0. The van der Waals surface area contributed by atoms with Gasteiger partial charge in [-0.3, -0.25) is 9.59 Å². The van der Waals surface area contributed by atoms with Crippen LogP contribution in [0.2, 0.25) is 0 Å². The van der Waals surface area contributed by atoms with Gasteiger partial charge in [-0.15, -0.1) is 0 Å². The highest BCUT2D eigenvalue weighted by atomic mass is 79.9. The third-order valence-electron chi connectivity index (χ3n) is 3.53. The zero-order valence-corrected chi connectivity index (χ0v) is 12.7. The summed E-state index contributed by atoms with van der Waals surface area (Å²) < 4.78 is 27.0. The second kappa shape index (κ2) is 6.09. The Morgan fingerprint density at radius 1 is 1.43 bits per heavy atom. The molecule has 0 spiro atoms. The summed E-state index contributed by atoms with van der Waals surface area (Å²) in [6.07, 6.45) is -0.672. The minimum absolute atomic E-state index is 0.114. The van der Waals surface area contributed by atoms with Crippen molar-refractivity contribution in [1.29, 1.82) is 0 Å². The number of alkyl halides is 2. The summed E-state index contributed by atoms with van der Waals surface area (Å²) >= 11 is 3.26. The van der Waals surface area contributed by atoms with Gasteiger partial charge in [-0.1, -0.05) is 28.1 Å². The molecule has 0 heterocycles. The Kier molecular flexibility index (Phi) is 4.61. The number of nitrogens with two attached hydrogens (primary N) is 1. The molecule has 2 unspecified atom stereocenters. The van der Waals surface area contributed by atoms with Crippen LogP contribution in [-0.2, 0) is 9.59 Å². The standard InChI is InChI=1S/C14H15BrF2N2O2/c15-10-3-1-2-8(6-10)11(12(18)20)19-13(21)9-4-5-14(16,17)7-9/h1-3,6,9,11H,4-5,7H2,(H2,18,20)(H,19,21). The van der Waals surface area contributed by atoms with Gasteiger partial charge >= 0.3 is 0 Å². The van der Waals surface area contributed by atoms with E-state index in [1.54, 1.807) is 24.3 Å². The lowest BCUT2D eigenvalue weighted by Crippen LogP contribution is -2.40. The van der Waals surface area contributed by atoms with Gasteiger partial charge in [0.2, 0.25) is 17.7 Å². The number of hydrogen-bond donors (Lipinski definition) is 2. The smallest absolute Gasteiger partial charge is 0.248 e. The summed E-state index contributed by atoms with van der Waals surface area (Å²) in [6, 6.07) is 5.73. The number of benzene rings is 1. The zero-order chi connectivity index (χ0) is 15.6. The minimum Gasteiger partial charge on any atom is -0.368 e. The van der Waals surface area contributed by atoms with Crippen LogP contribution in [0.1, 0.15) is 30.9 Å². The molecule has 0 radical (unpaired) electrons. The van der Waals surface area contributed by atoms with Crippen LogP contribution in [0.5, 0.6) is 0 Å². The van der Waals surface area contributed by atoms with Gasteiger partial charge in [-0.25, -0.2) is 8.78 Å².